The van der Waals surface area contributed by atoms with Crippen LogP contribution in [0.1, 0.15) is 50.6 Å². The van der Waals surface area contributed by atoms with E-state index in [0.717, 1.165) is 35.6 Å². The molecule has 1 aromatic heterocycles. The van der Waals surface area contributed by atoms with Crippen molar-refractivity contribution in [2.24, 2.45) is 23.2 Å². The lowest BCUT2D eigenvalue weighted by molar-refractivity contribution is -0.141. The number of carbonyl (C=O) groups is 1. The fraction of sp³-hybridized carbons (Fsp3) is 0.560. The molecule has 1 heterocycles. The Bertz CT molecular complexity index is 1020. The van der Waals surface area contributed by atoms with Crippen LogP contribution in [0.4, 0.5) is 13.2 Å². The van der Waals surface area contributed by atoms with E-state index in [1.54, 1.807) is 30.5 Å². The number of aromatic nitrogens is 2. The third kappa shape index (κ3) is 5.04. The molecule has 0 aliphatic heterocycles. The zero-order chi connectivity index (χ0) is 23.9. The Kier molecular flexibility index (Phi) is 6.25. The number of alkyl halides is 3. The number of hydrogen-bond acceptors (Lipinski definition) is 5. The monoisotopic (exact) mass is 491 g/mol. The highest BCUT2D eigenvalue weighted by molar-refractivity contribution is 7.98. The molecule has 1 aromatic carbocycles. The van der Waals surface area contributed by atoms with Crippen molar-refractivity contribution in [1.82, 2.24) is 15.3 Å². The summed E-state index contributed by atoms with van der Waals surface area (Å²) in [4.78, 5) is 20.4. The first-order valence-electron chi connectivity index (χ1n) is 11.7. The minimum absolute atomic E-state index is 0.0313. The summed E-state index contributed by atoms with van der Waals surface area (Å²) in [5.41, 5.74) is -0.0597. The summed E-state index contributed by atoms with van der Waals surface area (Å²) in [6, 6.07) is 7.57. The lowest BCUT2D eigenvalue weighted by Gasteiger charge is -2.56. The number of amides is 1. The summed E-state index contributed by atoms with van der Waals surface area (Å²) in [7, 11) is 0. The number of thioether (sulfide) groups is 1. The lowest BCUT2D eigenvalue weighted by atomic mass is 9.49. The molecule has 4 saturated carbocycles. The minimum Gasteiger partial charge on any atom is -0.473 e. The van der Waals surface area contributed by atoms with Gasteiger partial charge in [0.25, 0.3) is 0 Å². The van der Waals surface area contributed by atoms with Crippen molar-refractivity contribution in [2.45, 2.75) is 56.3 Å². The van der Waals surface area contributed by atoms with Crippen LogP contribution in [0.15, 0.2) is 35.5 Å². The molecule has 2 aromatic rings. The standard InChI is InChI=1S/C25H28F3N3O2S/c1-34-23-30-20(9-21(31-23)25(26,27)28)18-2-4-19(5-3-18)33-14-29-22(32)13-24-10-15-6-16(11-24)8-17(7-15)12-24/h2-5,9,15-17H,6-8,10-14H2,1H3,(H,29,32). The van der Waals surface area contributed by atoms with Gasteiger partial charge in [-0.1, -0.05) is 11.8 Å². The molecule has 5 nitrogen and oxygen atoms in total. The number of rotatable bonds is 7. The van der Waals surface area contributed by atoms with Crippen molar-refractivity contribution in [2.75, 3.05) is 13.0 Å². The number of nitrogens with zero attached hydrogens (tertiary/aromatic N) is 2. The van der Waals surface area contributed by atoms with Crippen molar-refractivity contribution in [3.63, 3.8) is 0 Å². The van der Waals surface area contributed by atoms with Crippen LogP contribution < -0.4 is 10.1 Å². The van der Waals surface area contributed by atoms with Crippen LogP contribution in [0.25, 0.3) is 11.3 Å². The Morgan fingerprint density at radius 1 is 1.09 bits per heavy atom. The average molecular weight is 492 g/mol. The Labute approximate surface area is 201 Å². The van der Waals surface area contributed by atoms with Gasteiger partial charge in [0.15, 0.2) is 11.9 Å². The zero-order valence-corrected chi connectivity index (χ0v) is 19.8. The van der Waals surface area contributed by atoms with Crippen molar-refractivity contribution < 1.29 is 22.7 Å². The van der Waals surface area contributed by atoms with Crippen LogP contribution in [0, 0.1) is 23.2 Å². The van der Waals surface area contributed by atoms with Crippen LogP contribution in [0.2, 0.25) is 0 Å². The van der Waals surface area contributed by atoms with E-state index in [-0.39, 0.29) is 28.9 Å². The number of nitrogens with one attached hydrogen (secondary N) is 1. The zero-order valence-electron chi connectivity index (χ0n) is 19.0. The molecule has 182 valence electrons. The number of carbonyl (C=O) groups excluding carboxylic acids is 1. The first kappa shape index (κ1) is 23.5. The number of halogens is 3. The Balaban J connectivity index is 1.16. The van der Waals surface area contributed by atoms with E-state index in [1.165, 1.54) is 38.5 Å². The van der Waals surface area contributed by atoms with Crippen molar-refractivity contribution >= 4 is 17.7 Å². The van der Waals surface area contributed by atoms with E-state index in [0.29, 0.717) is 17.7 Å². The van der Waals surface area contributed by atoms with Gasteiger partial charge in [-0.2, -0.15) is 13.2 Å². The molecule has 0 atom stereocenters. The van der Waals surface area contributed by atoms with Crippen LogP contribution >= 0.6 is 11.8 Å². The normalized spacial score (nSPS) is 27.6. The molecule has 9 heteroatoms. The van der Waals surface area contributed by atoms with Gasteiger partial charge in [0.05, 0.1) is 5.69 Å². The van der Waals surface area contributed by atoms with Crippen molar-refractivity contribution in [3.8, 4) is 17.0 Å². The third-order valence-electron chi connectivity index (χ3n) is 7.54. The predicted octanol–water partition coefficient (Wildman–Crippen LogP) is 5.94. The molecule has 4 aliphatic carbocycles. The van der Waals surface area contributed by atoms with Gasteiger partial charge in [-0.05, 0) is 98.3 Å². The van der Waals surface area contributed by atoms with Crippen LogP contribution in [-0.2, 0) is 11.0 Å². The van der Waals surface area contributed by atoms with Crippen molar-refractivity contribution in [1.29, 1.82) is 0 Å². The van der Waals surface area contributed by atoms with E-state index in [2.05, 4.69) is 15.3 Å². The Morgan fingerprint density at radius 3 is 2.26 bits per heavy atom. The minimum atomic E-state index is -4.54. The Morgan fingerprint density at radius 2 is 1.71 bits per heavy atom. The maximum atomic E-state index is 13.2. The third-order valence-corrected chi connectivity index (χ3v) is 8.09. The molecule has 1 N–H and O–H groups in total. The number of hydrogen-bond donors (Lipinski definition) is 1. The van der Waals surface area contributed by atoms with Gasteiger partial charge in [-0.15, -0.1) is 0 Å². The SMILES string of the molecule is CSc1nc(-c2ccc(OCNC(=O)CC34CC5CC(CC(C5)C3)C4)cc2)cc(C(F)(F)F)n1. The highest BCUT2D eigenvalue weighted by Gasteiger charge is 2.51. The maximum absolute atomic E-state index is 13.2. The van der Waals surface area contributed by atoms with E-state index >= 15 is 0 Å². The quantitative estimate of drug-likeness (QED) is 0.295. The van der Waals surface area contributed by atoms with E-state index in [1.807, 2.05) is 0 Å². The van der Waals surface area contributed by atoms with E-state index < -0.39 is 11.9 Å². The highest BCUT2D eigenvalue weighted by Crippen LogP contribution is 2.61. The second-order valence-corrected chi connectivity index (χ2v) is 10.9. The van der Waals surface area contributed by atoms with E-state index in [4.69, 9.17) is 4.74 Å². The fourth-order valence-electron chi connectivity index (χ4n) is 6.64. The van der Waals surface area contributed by atoms with Crippen LogP contribution in [0.3, 0.4) is 0 Å². The summed E-state index contributed by atoms with van der Waals surface area (Å²) in [6.45, 7) is 0.0624. The van der Waals surface area contributed by atoms with Gasteiger partial charge in [-0.3, -0.25) is 4.79 Å². The second kappa shape index (κ2) is 9.06. The molecule has 4 bridgehead atoms. The van der Waals surface area contributed by atoms with Crippen LogP contribution in [-0.4, -0.2) is 28.9 Å². The molecule has 0 spiro atoms. The first-order valence-corrected chi connectivity index (χ1v) is 12.9. The summed E-state index contributed by atoms with van der Waals surface area (Å²) < 4.78 is 45.1. The molecule has 6 rings (SSSR count). The Hall–Kier alpha value is -2.29. The van der Waals surface area contributed by atoms with Gasteiger partial charge in [-0.25, -0.2) is 9.97 Å². The largest absolute Gasteiger partial charge is 0.473 e. The number of benzene rings is 1. The second-order valence-electron chi connectivity index (χ2n) is 10.1. The topological polar surface area (TPSA) is 64.1 Å². The van der Waals surface area contributed by atoms with Crippen LogP contribution in [0.5, 0.6) is 5.75 Å². The predicted molar refractivity (Wildman–Crippen MR) is 123 cm³/mol. The number of ether oxygens (including phenoxy) is 1. The molecular weight excluding hydrogens is 463 g/mol. The molecule has 0 unspecified atom stereocenters. The van der Waals surface area contributed by atoms with Gasteiger partial charge in [0.1, 0.15) is 11.4 Å². The molecule has 0 radical (unpaired) electrons. The lowest BCUT2D eigenvalue weighted by Crippen LogP contribution is -2.48. The smallest absolute Gasteiger partial charge is 0.433 e. The summed E-state index contributed by atoms with van der Waals surface area (Å²) >= 11 is 1.06. The summed E-state index contributed by atoms with van der Waals surface area (Å²) in [5, 5.41) is 2.94. The average Bonchev–Trinajstić information content (AvgIpc) is 2.77. The van der Waals surface area contributed by atoms with Crippen molar-refractivity contribution in [3.05, 3.63) is 36.0 Å². The highest BCUT2D eigenvalue weighted by atomic mass is 32.2. The molecule has 0 saturated heterocycles. The summed E-state index contributed by atoms with van der Waals surface area (Å²) in [6.07, 6.45) is 5.28. The maximum Gasteiger partial charge on any atom is 0.433 e. The first-order chi connectivity index (χ1) is 16.2. The molecule has 4 aliphatic rings. The fourth-order valence-corrected chi connectivity index (χ4v) is 7.02. The van der Waals surface area contributed by atoms with Gasteiger partial charge in [0, 0.05) is 12.0 Å². The molecule has 1 amide bonds. The summed E-state index contributed by atoms with van der Waals surface area (Å²) in [5.74, 6) is 2.98. The van der Waals surface area contributed by atoms with E-state index in [9.17, 15) is 18.0 Å². The molecular formula is C25H28F3N3O2S. The van der Waals surface area contributed by atoms with Gasteiger partial charge >= 0.3 is 6.18 Å². The molecule has 4 fully saturated rings. The van der Waals surface area contributed by atoms with Gasteiger partial charge < -0.3 is 10.1 Å². The molecule has 34 heavy (non-hydrogen) atoms. The van der Waals surface area contributed by atoms with Gasteiger partial charge in [0.2, 0.25) is 5.91 Å².